The first kappa shape index (κ1) is 25.4. The quantitative estimate of drug-likeness (QED) is 0.369. The minimum absolute atomic E-state index is 0. The van der Waals surface area contributed by atoms with Gasteiger partial charge in [-0.05, 0) is 49.2 Å². The molecule has 3 rings (SSSR count). The fourth-order valence-electron chi connectivity index (χ4n) is 3.22. The van der Waals surface area contributed by atoms with Crippen LogP contribution in [0.5, 0.6) is 11.5 Å². The van der Waals surface area contributed by atoms with Crippen molar-refractivity contribution >= 4 is 23.1 Å². The number of carbonyl (C=O) groups is 2. The molecule has 2 aromatic carbocycles. The molecule has 0 amide bonds. The number of hydrogen-bond donors (Lipinski definition) is 2. The van der Waals surface area contributed by atoms with Crippen LogP contribution < -0.4 is 44.7 Å². The predicted molar refractivity (Wildman–Crippen MR) is 115 cm³/mol. The summed E-state index contributed by atoms with van der Waals surface area (Å²) in [4.78, 5) is 26.6. The van der Waals surface area contributed by atoms with Crippen LogP contribution in [0.15, 0.2) is 54.9 Å². The maximum absolute atomic E-state index is 11.7. The van der Waals surface area contributed by atoms with Crippen molar-refractivity contribution in [3.8, 4) is 11.5 Å². The molecule has 7 nitrogen and oxygen atoms in total. The van der Waals surface area contributed by atoms with Crippen LogP contribution in [0.3, 0.4) is 0 Å². The Kier molecular flexibility index (Phi) is 9.26. The number of carboxylic acids is 1. The first-order chi connectivity index (χ1) is 14.9. The average molecular weight is 442 g/mol. The number of aromatic hydroxyl groups is 1. The third kappa shape index (κ3) is 6.32. The molecule has 0 spiro atoms. The molecule has 0 fully saturated rings. The molecule has 2 N–H and O–H groups in total. The van der Waals surface area contributed by atoms with Gasteiger partial charge in [-0.2, -0.15) is 0 Å². The van der Waals surface area contributed by atoms with Crippen molar-refractivity contribution in [1.82, 2.24) is 4.98 Å². The molecule has 3 aromatic rings. The van der Waals surface area contributed by atoms with E-state index in [9.17, 15) is 19.8 Å². The third-order valence-corrected chi connectivity index (χ3v) is 4.70. The number of rotatable bonds is 9. The van der Waals surface area contributed by atoms with Gasteiger partial charge in [0.2, 0.25) is 0 Å². The van der Waals surface area contributed by atoms with Crippen molar-refractivity contribution < 1.29 is 54.1 Å². The molecule has 0 saturated carbocycles. The zero-order chi connectivity index (χ0) is 22.4. The number of anilines is 2. The van der Waals surface area contributed by atoms with Crippen LogP contribution >= 0.6 is 0 Å². The molecular weight excluding hydrogens is 419 g/mol. The molecule has 1 aromatic heterocycles. The summed E-state index contributed by atoms with van der Waals surface area (Å²) in [6.45, 7) is 3.66. The molecule has 32 heavy (non-hydrogen) atoms. The summed E-state index contributed by atoms with van der Waals surface area (Å²) in [5.41, 5.74) is 3.02. The number of ether oxygens (including phenoxy) is 1. The largest absolute Gasteiger partial charge is 1.00 e. The van der Waals surface area contributed by atoms with Crippen LogP contribution in [0, 0.1) is 0 Å². The molecule has 0 aliphatic rings. The number of carboxylic acid groups (broad SMARTS) is 1. The van der Waals surface area contributed by atoms with Gasteiger partial charge in [-0.1, -0.05) is 25.5 Å². The van der Waals surface area contributed by atoms with E-state index in [1.54, 1.807) is 12.1 Å². The van der Waals surface area contributed by atoms with Gasteiger partial charge in [-0.15, -0.1) is 0 Å². The second kappa shape index (κ2) is 11.7. The van der Waals surface area contributed by atoms with Crippen LogP contribution in [-0.4, -0.2) is 21.8 Å². The van der Waals surface area contributed by atoms with Gasteiger partial charge in [0, 0.05) is 23.0 Å². The van der Waals surface area contributed by atoms with E-state index in [1.807, 2.05) is 31.2 Å². The Morgan fingerprint density at radius 1 is 1.12 bits per heavy atom. The zero-order valence-electron chi connectivity index (χ0n) is 18.3. The normalized spacial score (nSPS) is 10.2. The zero-order valence-corrected chi connectivity index (χ0v) is 20.3. The van der Waals surface area contributed by atoms with Gasteiger partial charge in [0.05, 0.1) is 23.4 Å². The van der Waals surface area contributed by atoms with E-state index in [2.05, 4.69) is 10.3 Å². The average Bonchev–Trinajstić information content (AvgIpc) is 2.74. The smallest absolute Gasteiger partial charge is 0.545 e. The number of aromatic nitrogens is 1. The molecule has 0 unspecified atom stereocenters. The first-order valence-corrected chi connectivity index (χ1v) is 9.90. The molecular formula is C24H23N2NaO5. The number of carbonyl (C=O) groups excluding carboxylic acids is 2. The molecule has 0 radical (unpaired) electrons. The van der Waals surface area contributed by atoms with E-state index in [4.69, 9.17) is 4.74 Å². The Morgan fingerprint density at radius 2 is 1.91 bits per heavy atom. The maximum Gasteiger partial charge on any atom is 1.00 e. The second-order valence-electron chi connectivity index (χ2n) is 7.11. The summed E-state index contributed by atoms with van der Waals surface area (Å²) in [5.74, 6) is -0.978. The molecule has 0 saturated heterocycles. The van der Waals surface area contributed by atoms with E-state index in [0.717, 1.165) is 17.7 Å². The summed E-state index contributed by atoms with van der Waals surface area (Å²) >= 11 is 0. The van der Waals surface area contributed by atoms with Crippen LogP contribution in [0.4, 0.5) is 11.4 Å². The Hall–Kier alpha value is -2.87. The van der Waals surface area contributed by atoms with Gasteiger partial charge >= 0.3 is 29.6 Å². The summed E-state index contributed by atoms with van der Waals surface area (Å²) in [7, 11) is 0. The topological polar surface area (TPSA) is 112 Å². The Bertz CT molecular complexity index is 1120. The van der Waals surface area contributed by atoms with E-state index in [-0.39, 0.29) is 58.8 Å². The summed E-state index contributed by atoms with van der Waals surface area (Å²) < 4.78 is 5.95. The number of pyridine rings is 1. The summed E-state index contributed by atoms with van der Waals surface area (Å²) in [6, 6.07) is 12.2. The van der Waals surface area contributed by atoms with Crippen LogP contribution in [0.25, 0.3) is 0 Å². The molecule has 160 valence electrons. The standard InChI is InChI=1S/C24H24N2O5.Na/c1-3-5-21-22(9-8-20(15(2)27)23(21)28)31-14-16-6-4-7-18(10-16)26-19-11-17(24(29)30)12-25-13-19;/h4,6-13,26,28H,3,5,14H2,1-2H3,(H,29,30);/q;+1/p-1. The van der Waals surface area contributed by atoms with Gasteiger partial charge in [-0.3, -0.25) is 9.78 Å². The van der Waals surface area contributed by atoms with Crippen molar-refractivity contribution in [3.05, 3.63) is 77.1 Å². The van der Waals surface area contributed by atoms with Gasteiger partial charge in [0.1, 0.15) is 18.1 Å². The maximum atomic E-state index is 11.7. The van der Waals surface area contributed by atoms with Crippen molar-refractivity contribution in [1.29, 1.82) is 0 Å². The number of nitrogens with zero attached hydrogens (tertiary/aromatic N) is 1. The van der Waals surface area contributed by atoms with E-state index in [1.165, 1.54) is 25.4 Å². The minimum atomic E-state index is -1.29. The van der Waals surface area contributed by atoms with Crippen LogP contribution in [0.1, 0.15) is 52.1 Å². The number of nitrogens with one attached hydrogen (secondary N) is 1. The van der Waals surface area contributed by atoms with E-state index in [0.29, 0.717) is 23.4 Å². The number of phenols is 1. The molecule has 1 heterocycles. The monoisotopic (exact) mass is 442 g/mol. The van der Waals surface area contributed by atoms with Crippen molar-refractivity contribution in [3.63, 3.8) is 0 Å². The van der Waals surface area contributed by atoms with Gasteiger partial charge in [-0.25, -0.2) is 0 Å². The molecule has 8 heteroatoms. The van der Waals surface area contributed by atoms with E-state index < -0.39 is 5.97 Å². The van der Waals surface area contributed by atoms with Crippen LogP contribution in [0.2, 0.25) is 0 Å². The minimum Gasteiger partial charge on any atom is -0.545 e. The molecule has 0 aliphatic heterocycles. The number of benzene rings is 2. The van der Waals surface area contributed by atoms with E-state index >= 15 is 0 Å². The number of aromatic carboxylic acids is 1. The summed E-state index contributed by atoms with van der Waals surface area (Å²) in [5, 5.41) is 24.6. The summed E-state index contributed by atoms with van der Waals surface area (Å²) in [6.07, 6.45) is 4.13. The fraction of sp³-hybridized carbons (Fsp3) is 0.208. The number of Topliss-reactive ketones (excluding diaryl/α,β-unsaturated/α-hetero) is 1. The Balaban J connectivity index is 0.00000363. The predicted octanol–water partition coefficient (Wildman–Crippen LogP) is 0.632. The van der Waals surface area contributed by atoms with Gasteiger partial charge in [0.25, 0.3) is 0 Å². The number of hydrogen-bond acceptors (Lipinski definition) is 7. The second-order valence-corrected chi connectivity index (χ2v) is 7.11. The SMILES string of the molecule is CCCc1c(OCc2cccc(Nc3cncc(C(=O)[O-])c3)c2)ccc(C(C)=O)c1O.[Na+]. The van der Waals surface area contributed by atoms with Crippen molar-refractivity contribution in [2.45, 2.75) is 33.3 Å². The Labute approximate surface area is 208 Å². The first-order valence-electron chi connectivity index (χ1n) is 9.90. The van der Waals surface area contributed by atoms with Crippen molar-refractivity contribution in [2.24, 2.45) is 0 Å². The molecule has 0 aliphatic carbocycles. The van der Waals surface area contributed by atoms with Gasteiger partial charge < -0.3 is 25.1 Å². The number of ketones is 1. The van der Waals surface area contributed by atoms with Crippen molar-refractivity contribution in [2.75, 3.05) is 5.32 Å². The fourth-order valence-corrected chi connectivity index (χ4v) is 3.22. The van der Waals surface area contributed by atoms with Gasteiger partial charge in [0.15, 0.2) is 5.78 Å². The number of phenolic OH excluding ortho intramolecular Hbond substituents is 1. The van der Waals surface area contributed by atoms with Crippen LogP contribution in [-0.2, 0) is 13.0 Å². The molecule has 0 bridgehead atoms. The molecule has 0 atom stereocenters. The third-order valence-electron chi connectivity index (χ3n) is 4.70. The Morgan fingerprint density at radius 3 is 2.59 bits per heavy atom.